The minimum absolute atomic E-state index is 0.0966. The van der Waals surface area contributed by atoms with Gasteiger partial charge in [-0.3, -0.25) is 19.6 Å². The second-order valence-electron chi connectivity index (χ2n) is 5.30. The lowest BCUT2D eigenvalue weighted by atomic mass is 10.0. The van der Waals surface area contributed by atoms with Gasteiger partial charge in [-0.15, -0.1) is 0 Å². The van der Waals surface area contributed by atoms with Gasteiger partial charge < -0.3 is 10.2 Å². The summed E-state index contributed by atoms with van der Waals surface area (Å²) in [5.74, 6) is -0.198. The summed E-state index contributed by atoms with van der Waals surface area (Å²) in [6.07, 6.45) is 3.65. The Labute approximate surface area is 112 Å². The molecule has 2 amide bonds. The molecule has 0 aliphatic carbocycles. The number of nitrogens with zero attached hydrogens (tertiary/aromatic N) is 3. The maximum absolute atomic E-state index is 12.3. The van der Waals surface area contributed by atoms with Gasteiger partial charge in [-0.1, -0.05) is 0 Å². The average Bonchev–Trinajstić information content (AvgIpc) is 2.43. The van der Waals surface area contributed by atoms with Gasteiger partial charge in [0.1, 0.15) is 5.54 Å². The summed E-state index contributed by atoms with van der Waals surface area (Å²) in [5.41, 5.74) is 0.693. The minimum atomic E-state index is -0.869. The molecule has 0 spiro atoms. The molecule has 0 unspecified atom stereocenters. The van der Waals surface area contributed by atoms with Crippen molar-refractivity contribution in [1.29, 1.82) is 0 Å². The van der Waals surface area contributed by atoms with Crippen LogP contribution in [0.4, 0.5) is 0 Å². The van der Waals surface area contributed by atoms with Crippen LogP contribution in [0.3, 0.4) is 0 Å². The van der Waals surface area contributed by atoms with Crippen molar-refractivity contribution in [3.63, 3.8) is 0 Å². The molecule has 0 aromatic carbocycles. The molecule has 0 atom stereocenters. The maximum atomic E-state index is 12.3. The van der Waals surface area contributed by atoms with E-state index in [0.29, 0.717) is 19.5 Å². The highest BCUT2D eigenvalue weighted by molar-refractivity contribution is 5.92. The van der Waals surface area contributed by atoms with Crippen molar-refractivity contribution in [2.45, 2.75) is 39.3 Å². The van der Waals surface area contributed by atoms with Crippen LogP contribution < -0.4 is 5.32 Å². The SMILES string of the molecule is Cc1cnc(CN2CCC(=O)NC(C)(C)C2=O)cn1. The summed E-state index contributed by atoms with van der Waals surface area (Å²) in [4.78, 5) is 34.0. The molecular formula is C13H18N4O2. The standard InChI is InChI=1S/C13H18N4O2/c1-9-6-15-10(7-14-9)8-17-5-4-11(18)16-13(2,3)12(17)19/h6-7H,4-5,8H2,1-3H3,(H,16,18). The van der Waals surface area contributed by atoms with Crippen LogP contribution in [0.15, 0.2) is 12.4 Å². The lowest BCUT2D eigenvalue weighted by molar-refractivity contribution is -0.137. The molecular weight excluding hydrogens is 244 g/mol. The second-order valence-corrected chi connectivity index (χ2v) is 5.30. The summed E-state index contributed by atoms with van der Waals surface area (Å²) in [7, 11) is 0. The van der Waals surface area contributed by atoms with E-state index in [2.05, 4.69) is 15.3 Å². The van der Waals surface area contributed by atoms with Crippen molar-refractivity contribution < 1.29 is 9.59 Å². The number of carbonyl (C=O) groups is 2. The Morgan fingerprint density at radius 3 is 2.68 bits per heavy atom. The normalized spacial score (nSPS) is 19.0. The van der Waals surface area contributed by atoms with Crippen molar-refractivity contribution in [2.24, 2.45) is 0 Å². The molecule has 1 aliphatic rings. The van der Waals surface area contributed by atoms with Crippen LogP contribution in [0.1, 0.15) is 31.7 Å². The fourth-order valence-corrected chi connectivity index (χ4v) is 2.05. The molecule has 1 aromatic heterocycles. The van der Waals surface area contributed by atoms with Gasteiger partial charge in [0.2, 0.25) is 11.8 Å². The third-order valence-electron chi connectivity index (χ3n) is 3.07. The highest BCUT2D eigenvalue weighted by Crippen LogP contribution is 2.15. The predicted octanol–water partition coefficient (Wildman–Crippen LogP) is 0.412. The van der Waals surface area contributed by atoms with Gasteiger partial charge in [0.15, 0.2) is 0 Å². The number of aryl methyl sites for hydroxylation is 1. The molecule has 1 fully saturated rings. The summed E-state index contributed by atoms with van der Waals surface area (Å²) in [6.45, 7) is 6.08. The molecule has 6 nitrogen and oxygen atoms in total. The van der Waals surface area contributed by atoms with Gasteiger partial charge in [0.25, 0.3) is 0 Å². The van der Waals surface area contributed by atoms with E-state index in [0.717, 1.165) is 11.4 Å². The van der Waals surface area contributed by atoms with Crippen LogP contribution in [0, 0.1) is 6.92 Å². The van der Waals surface area contributed by atoms with E-state index in [1.807, 2.05) is 6.92 Å². The van der Waals surface area contributed by atoms with E-state index >= 15 is 0 Å². The first-order valence-corrected chi connectivity index (χ1v) is 6.26. The van der Waals surface area contributed by atoms with E-state index in [-0.39, 0.29) is 11.8 Å². The van der Waals surface area contributed by atoms with E-state index in [9.17, 15) is 9.59 Å². The molecule has 2 heterocycles. The number of hydrogen-bond acceptors (Lipinski definition) is 4. The third-order valence-corrected chi connectivity index (χ3v) is 3.07. The van der Waals surface area contributed by atoms with Crippen LogP contribution in [-0.4, -0.2) is 38.8 Å². The Morgan fingerprint density at radius 1 is 1.32 bits per heavy atom. The van der Waals surface area contributed by atoms with Gasteiger partial charge in [-0.2, -0.15) is 0 Å². The van der Waals surface area contributed by atoms with Gasteiger partial charge >= 0.3 is 0 Å². The first kappa shape index (κ1) is 13.5. The van der Waals surface area contributed by atoms with Crippen LogP contribution in [0.5, 0.6) is 0 Å². The number of amides is 2. The molecule has 1 aromatic rings. The predicted molar refractivity (Wildman–Crippen MR) is 69.0 cm³/mol. The van der Waals surface area contributed by atoms with E-state index < -0.39 is 5.54 Å². The molecule has 6 heteroatoms. The van der Waals surface area contributed by atoms with Gasteiger partial charge in [0, 0.05) is 19.2 Å². The number of nitrogens with one attached hydrogen (secondary N) is 1. The van der Waals surface area contributed by atoms with Crippen molar-refractivity contribution in [1.82, 2.24) is 20.2 Å². The first-order chi connectivity index (χ1) is 8.88. The Morgan fingerprint density at radius 2 is 2.05 bits per heavy atom. The van der Waals surface area contributed by atoms with Crippen LogP contribution in [0.2, 0.25) is 0 Å². The summed E-state index contributed by atoms with van der Waals surface area (Å²) in [6, 6.07) is 0. The molecule has 19 heavy (non-hydrogen) atoms. The Bertz CT molecular complexity index is 496. The van der Waals surface area contributed by atoms with Crippen LogP contribution in [-0.2, 0) is 16.1 Å². The molecule has 0 bridgehead atoms. The fourth-order valence-electron chi connectivity index (χ4n) is 2.05. The lowest BCUT2D eigenvalue weighted by Crippen LogP contribution is -2.52. The van der Waals surface area contributed by atoms with Crippen LogP contribution in [0.25, 0.3) is 0 Å². The monoisotopic (exact) mass is 262 g/mol. The topological polar surface area (TPSA) is 75.2 Å². The fraction of sp³-hybridized carbons (Fsp3) is 0.538. The second kappa shape index (κ2) is 4.95. The number of rotatable bonds is 2. The molecule has 0 radical (unpaired) electrons. The quantitative estimate of drug-likeness (QED) is 0.837. The zero-order chi connectivity index (χ0) is 14.0. The molecule has 1 saturated heterocycles. The van der Waals surface area contributed by atoms with Gasteiger partial charge in [-0.05, 0) is 20.8 Å². The van der Waals surface area contributed by atoms with Gasteiger partial charge in [0.05, 0.1) is 24.1 Å². The average molecular weight is 262 g/mol. The van der Waals surface area contributed by atoms with Crippen molar-refractivity contribution in [3.05, 3.63) is 23.8 Å². The molecule has 1 aliphatic heterocycles. The molecule has 2 rings (SSSR count). The van der Waals surface area contributed by atoms with Crippen molar-refractivity contribution >= 4 is 11.8 Å². The molecule has 0 saturated carbocycles. The molecule has 1 N–H and O–H groups in total. The lowest BCUT2D eigenvalue weighted by Gasteiger charge is -2.28. The zero-order valence-electron chi connectivity index (χ0n) is 11.4. The van der Waals surface area contributed by atoms with Crippen molar-refractivity contribution in [2.75, 3.05) is 6.54 Å². The maximum Gasteiger partial charge on any atom is 0.248 e. The minimum Gasteiger partial charge on any atom is -0.342 e. The number of carbonyl (C=O) groups excluding carboxylic acids is 2. The highest BCUT2D eigenvalue weighted by Gasteiger charge is 2.36. The largest absolute Gasteiger partial charge is 0.342 e. The summed E-state index contributed by atoms with van der Waals surface area (Å²) < 4.78 is 0. The number of hydrogen-bond donors (Lipinski definition) is 1. The van der Waals surface area contributed by atoms with Gasteiger partial charge in [-0.25, -0.2) is 0 Å². The summed E-state index contributed by atoms with van der Waals surface area (Å²) in [5, 5.41) is 2.73. The molecule has 102 valence electrons. The zero-order valence-corrected chi connectivity index (χ0v) is 11.4. The Balaban J connectivity index is 2.16. The Hall–Kier alpha value is -1.98. The number of aromatic nitrogens is 2. The van der Waals surface area contributed by atoms with Crippen LogP contribution >= 0.6 is 0 Å². The van der Waals surface area contributed by atoms with E-state index in [4.69, 9.17) is 0 Å². The first-order valence-electron chi connectivity index (χ1n) is 6.26. The van der Waals surface area contributed by atoms with E-state index in [1.165, 1.54) is 0 Å². The third kappa shape index (κ3) is 3.07. The summed E-state index contributed by atoms with van der Waals surface area (Å²) >= 11 is 0. The Kier molecular flexibility index (Phi) is 3.50. The van der Waals surface area contributed by atoms with Crippen molar-refractivity contribution in [3.8, 4) is 0 Å². The van der Waals surface area contributed by atoms with E-state index in [1.54, 1.807) is 31.1 Å². The smallest absolute Gasteiger partial charge is 0.248 e. The highest BCUT2D eigenvalue weighted by atomic mass is 16.2.